The van der Waals surface area contributed by atoms with Gasteiger partial charge in [-0.1, -0.05) is 66.9 Å². The van der Waals surface area contributed by atoms with Gasteiger partial charge in [0, 0.05) is 0 Å². The highest BCUT2D eigenvalue weighted by atomic mass is 13.8. The molecule has 0 bridgehead atoms. The van der Waals surface area contributed by atoms with Crippen LogP contribution >= 0.6 is 0 Å². The highest BCUT2D eigenvalue weighted by Crippen LogP contribution is 1.96. The fourth-order valence-corrected chi connectivity index (χ4v) is 0.427. The zero-order valence-corrected chi connectivity index (χ0v) is 11.3. The molecule has 0 aliphatic rings. The van der Waals surface area contributed by atoms with Gasteiger partial charge in [0.15, 0.2) is 0 Å². The standard InChI is InChI=1S/C6H12.C3H8.2C2H6/c1-4-5-6(2)3;1-3-2;2*1-2/h2,4-5H2,1,3H3;3H2,1-2H3;2*1-2H3. The third kappa shape index (κ3) is 148. The lowest BCUT2D eigenvalue weighted by molar-refractivity contribution is 0.910. The van der Waals surface area contributed by atoms with E-state index in [-0.39, 0.29) is 0 Å². The maximum absolute atomic E-state index is 3.74. The molecule has 0 aliphatic heterocycles. The van der Waals surface area contributed by atoms with Crippen LogP contribution in [0.25, 0.3) is 0 Å². The van der Waals surface area contributed by atoms with Gasteiger partial charge in [-0.2, -0.15) is 0 Å². The summed E-state index contributed by atoms with van der Waals surface area (Å²) in [4.78, 5) is 0. The summed E-state index contributed by atoms with van der Waals surface area (Å²) in [5, 5.41) is 0. The van der Waals surface area contributed by atoms with Crippen molar-refractivity contribution in [1.82, 2.24) is 0 Å². The van der Waals surface area contributed by atoms with Gasteiger partial charge in [-0.25, -0.2) is 0 Å². The third-order valence-electron chi connectivity index (χ3n) is 0.677. The molecule has 0 aromatic carbocycles. The molecule has 0 amide bonds. The van der Waals surface area contributed by atoms with Crippen LogP contribution in [0.15, 0.2) is 12.2 Å². The summed E-state index contributed by atoms with van der Waals surface area (Å²) in [6, 6.07) is 0. The fourth-order valence-electron chi connectivity index (χ4n) is 0.427. The molecule has 0 saturated heterocycles. The van der Waals surface area contributed by atoms with E-state index in [0.29, 0.717) is 0 Å². The summed E-state index contributed by atoms with van der Waals surface area (Å²) in [5.74, 6) is 0. The first-order valence-electron chi connectivity index (χ1n) is 5.83. The van der Waals surface area contributed by atoms with E-state index in [9.17, 15) is 0 Å². The summed E-state index contributed by atoms with van der Waals surface area (Å²) < 4.78 is 0. The Morgan fingerprint density at radius 1 is 0.923 bits per heavy atom. The van der Waals surface area contributed by atoms with Crippen molar-refractivity contribution in [2.75, 3.05) is 0 Å². The average molecular weight is 188 g/mol. The second-order valence-corrected chi connectivity index (χ2v) is 2.41. The molecule has 0 aliphatic carbocycles. The minimum absolute atomic E-state index is 1.18. The van der Waals surface area contributed by atoms with Crippen molar-refractivity contribution in [3.8, 4) is 0 Å². The van der Waals surface area contributed by atoms with Crippen LogP contribution in [0.3, 0.4) is 0 Å². The fraction of sp³-hybridized carbons (Fsp3) is 0.846. The molecule has 0 aromatic rings. The van der Waals surface area contributed by atoms with Gasteiger partial charge in [-0.3, -0.25) is 0 Å². The van der Waals surface area contributed by atoms with Crippen LogP contribution in [0.4, 0.5) is 0 Å². The Labute approximate surface area is 87.4 Å². The lowest BCUT2D eigenvalue weighted by atomic mass is 10.2. The second kappa shape index (κ2) is 41.1. The van der Waals surface area contributed by atoms with Crippen LogP contribution in [0.1, 0.15) is 74.7 Å². The molecule has 0 unspecified atom stereocenters. The van der Waals surface area contributed by atoms with Crippen molar-refractivity contribution in [1.29, 1.82) is 0 Å². The number of rotatable bonds is 2. The highest BCUT2D eigenvalue weighted by molar-refractivity contribution is 4.86. The summed E-state index contributed by atoms with van der Waals surface area (Å²) in [6.45, 7) is 20.2. The van der Waals surface area contributed by atoms with Gasteiger partial charge >= 0.3 is 0 Å². The van der Waals surface area contributed by atoms with Crippen molar-refractivity contribution in [2.45, 2.75) is 74.7 Å². The normalized spacial score (nSPS) is 6.15. The third-order valence-corrected chi connectivity index (χ3v) is 0.677. The summed E-state index contributed by atoms with van der Waals surface area (Å²) in [6.07, 6.45) is 3.66. The van der Waals surface area contributed by atoms with Crippen LogP contribution in [0, 0.1) is 0 Å². The van der Waals surface area contributed by atoms with E-state index in [4.69, 9.17) is 0 Å². The van der Waals surface area contributed by atoms with E-state index in [1.54, 1.807) is 0 Å². The van der Waals surface area contributed by atoms with E-state index in [1.165, 1.54) is 24.8 Å². The first-order valence-corrected chi connectivity index (χ1v) is 5.83. The predicted molar refractivity (Wildman–Crippen MR) is 68.4 cm³/mol. The first kappa shape index (κ1) is 23.0. The molecule has 0 fully saturated rings. The lowest BCUT2D eigenvalue weighted by Gasteiger charge is -1.87. The van der Waals surface area contributed by atoms with Crippen LogP contribution in [0.5, 0.6) is 0 Å². The molecule has 0 rings (SSSR count). The zero-order valence-electron chi connectivity index (χ0n) is 11.3. The van der Waals surface area contributed by atoms with Crippen molar-refractivity contribution in [2.24, 2.45) is 0 Å². The molecule has 13 heavy (non-hydrogen) atoms. The summed E-state index contributed by atoms with van der Waals surface area (Å²) in [7, 11) is 0. The zero-order chi connectivity index (χ0) is 11.7. The van der Waals surface area contributed by atoms with Crippen molar-refractivity contribution in [3.63, 3.8) is 0 Å². The van der Waals surface area contributed by atoms with Gasteiger partial charge in [0.1, 0.15) is 0 Å². The SMILES string of the molecule is C=C(C)CCC.CC.CC.CCC. The Balaban J connectivity index is -0.0000000493. The molecular weight excluding hydrogens is 156 g/mol. The number of hydrogen-bond acceptors (Lipinski definition) is 0. The Morgan fingerprint density at radius 3 is 1.15 bits per heavy atom. The molecule has 84 valence electrons. The summed E-state index contributed by atoms with van der Waals surface area (Å²) in [5.41, 5.74) is 1.29. The molecular formula is C13H32. The van der Waals surface area contributed by atoms with Crippen LogP contribution in [-0.4, -0.2) is 0 Å². The van der Waals surface area contributed by atoms with Gasteiger partial charge < -0.3 is 0 Å². The van der Waals surface area contributed by atoms with E-state index < -0.39 is 0 Å². The van der Waals surface area contributed by atoms with Crippen LogP contribution in [0.2, 0.25) is 0 Å². The predicted octanol–water partition coefficient (Wildman–Crippen LogP) is 5.83. The molecule has 0 nitrogen and oxygen atoms in total. The van der Waals surface area contributed by atoms with Gasteiger partial charge in [0.25, 0.3) is 0 Å². The quantitative estimate of drug-likeness (QED) is 0.478. The Hall–Kier alpha value is -0.260. The average Bonchev–Trinajstić information content (AvgIpc) is 2.12. The monoisotopic (exact) mass is 188 g/mol. The van der Waals surface area contributed by atoms with Gasteiger partial charge in [-0.05, 0) is 13.3 Å². The van der Waals surface area contributed by atoms with Crippen LogP contribution < -0.4 is 0 Å². The van der Waals surface area contributed by atoms with E-state index in [0.717, 1.165) is 0 Å². The summed E-state index contributed by atoms with van der Waals surface area (Å²) >= 11 is 0. The molecule has 0 atom stereocenters. The molecule has 0 saturated carbocycles. The Bertz CT molecular complexity index is 53.1. The van der Waals surface area contributed by atoms with E-state index in [2.05, 4.69) is 34.3 Å². The maximum Gasteiger partial charge on any atom is -0.0328 e. The van der Waals surface area contributed by atoms with Crippen LogP contribution in [-0.2, 0) is 0 Å². The van der Waals surface area contributed by atoms with Gasteiger partial charge in [0.2, 0.25) is 0 Å². The number of hydrogen-bond donors (Lipinski definition) is 0. The topological polar surface area (TPSA) is 0 Å². The van der Waals surface area contributed by atoms with Crippen molar-refractivity contribution >= 4 is 0 Å². The first-order chi connectivity index (χ1) is 6.18. The molecule has 0 aromatic heterocycles. The molecule has 0 N–H and O–H groups in total. The van der Waals surface area contributed by atoms with E-state index in [1.807, 2.05) is 27.7 Å². The second-order valence-electron chi connectivity index (χ2n) is 2.41. The number of allylic oxidation sites excluding steroid dienone is 1. The minimum Gasteiger partial charge on any atom is -0.100 e. The van der Waals surface area contributed by atoms with Gasteiger partial charge in [-0.15, -0.1) is 6.58 Å². The molecule has 0 heteroatoms. The minimum atomic E-state index is 1.18. The molecule has 0 spiro atoms. The highest BCUT2D eigenvalue weighted by Gasteiger charge is 1.76. The van der Waals surface area contributed by atoms with E-state index >= 15 is 0 Å². The Kier molecular flexibility index (Phi) is 72.7. The molecule has 0 heterocycles. The smallest absolute Gasteiger partial charge is 0.0328 e. The molecule has 0 radical (unpaired) electrons. The lowest BCUT2D eigenvalue weighted by Crippen LogP contribution is -1.66. The van der Waals surface area contributed by atoms with Crippen molar-refractivity contribution in [3.05, 3.63) is 12.2 Å². The van der Waals surface area contributed by atoms with Gasteiger partial charge in [0.05, 0.1) is 0 Å². The Morgan fingerprint density at radius 2 is 1.15 bits per heavy atom. The largest absolute Gasteiger partial charge is 0.100 e. The maximum atomic E-state index is 3.74. The van der Waals surface area contributed by atoms with Crippen molar-refractivity contribution < 1.29 is 0 Å².